The molecule has 0 unspecified atom stereocenters. The highest BCUT2D eigenvalue weighted by Crippen LogP contribution is 2.44. The Labute approximate surface area is 392 Å². The molecule has 316 valence electrons. The van der Waals surface area contributed by atoms with Crippen LogP contribution in [-0.2, 0) is 0 Å². The van der Waals surface area contributed by atoms with Gasteiger partial charge in [0.15, 0.2) is 8.07 Å². The summed E-state index contributed by atoms with van der Waals surface area (Å²) in [6.45, 7) is 0. The van der Waals surface area contributed by atoms with Crippen molar-refractivity contribution in [2.24, 2.45) is 0 Å². The van der Waals surface area contributed by atoms with Gasteiger partial charge in [-0.05, 0) is 114 Å². The molecule has 0 amide bonds. The van der Waals surface area contributed by atoms with E-state index < -0.39 is 8.07 Å². The molecule has 0 saturated heterocycles. The van der Waals surface area contributed by atoms with E-state index in [1.54, 1.807) is 0 Å². The average molecular weight is 871 g/mol. The average Bonchev–Trinajstić information content (AvgIpc) is 3.76. The molecule has 0 radical (unpaired) electrons. The van der Waals surface area contributed by atoms with Crippen molar-refractivity contribution in [3.8, 4) is 27.9 Å². The van der Waals surface area contributed by atoms with Crippen molar-refractivity contribution in [3.05, 3.63) is 279 Å². The van der Waals surface area contributed by atoms with E-state index in [4.69, 9.17) is 0 Å². The van der Waals surface area contributed by atoms with Gasteiger partial charge in [-0.2, -0.15) is 0 Å². The maximum absolute atomic E-state index is 2.74. The van der Waals surface area contributed by atoms with Gasteiger partial charge in [0, 0.05) is 27.8 Å². The molecule has 67 heavy (non-hydrogen) atoms. The fourth-order valence-electron chi connectivity index (χ4n) is 10.5. The Morgan fingerprint density at radius 3 is 1.45 bits per heavy atom. The van der Waals surface area contributed by atoms with Gasteiger partial charge in [0.1, 0.15) is 0 Å². The lowest BCUT2D eigenvalue weighted by Gasteiger charge is -2.35. The van der Waals surface area contributed by atoms with E-state index >= 15 is 0 Å². The molecule has 11 aromatic carbocycles. The summed E-state index contributed by atoms with van der Waals surface area (Å²) in [6, 6.07) is 103. The standard InChI is InChI=1S/C64H46N2Si/c1-5-24-51(25-6-1)66-61-35-16-15-33-60(61)64-62(36-19-37-63(64)66)65(52-40-38-47(39-41-52)49-22-17-23-50(46-49)59-34-18-21-48-20-13-14-32-58(48)59)53-42-44-57(45-43-53)67(54-26-7-2-8-27-54,55-28-9-3-10-29-55)56-30-11-4-12-31-56/h1-46H. The van der Waals surface area contributed by atoms with Crippen LogP contribution in [0.3, 0.4) is 0 Å². The van der Waals surface area contributed by atoms with Gasteiger partial charge in [0.25, 0.3) is 0 Å². The summed E-state index contributed by atoms with van der Waals surface area (Å²) in [5.74, 6) is 0. The number of para-hydroxylation sites is 2. The first-order chi connectivity index (χ1) is 33.3. The number of benzene rings is 11. The number of hydrogen-bond acceptors (Lipinski definition) is 1. The molecule has 0 aliphatic carbocycles. The molecule has 2 nitrogen and oxygen atoms in total. The van der Waals surface area contributed by atoms with Gasteiger partial charge >= 0.3 is 0 Å². The highest BCUT2D eigenvalue weighted by molar-refractivity contribution is 7.19. The van der Waals surface area contributed by atoms with Crippen LogP contribution in [0.1, 0.15) is 0 Å². The largest absolute Gasteiger partial charge is 0.310 e. The van der Waals surface area contributed by atoms with Crippen molar-refractivity contribution in [1.29, 1.82) is 0 Å². The third-order valence-electron chi connectivity index (χ3n) is 13.5. The van der Waals surface area contributed by atoms with E-state index in [9.17, 15) is 0 Å². The minimum atomic E-state index is -2.74. The second kappa shape index (κ2) is 17.1. The molecule has 0 aliphatic rings. The van der Waals surface area contributed by atoms with Crippen LogP contribution in [0.5, 0.6) is 0 Å². The van der Waals surface area contributed by atoms with Crippen molar-refractivity contribution in [3.63, 3.8) is 0 Å². The smallest absolute Gasteiger partial charge is 0.179 e. The Morgan fingerprint density at radius 2 is 0.791 bits per heavy atom. The molecular formula is C64H46N2Si. The summed E-state index contributed by atoms with van der Waals surface area (Å²) >= 11 is 0. The molecule has 0 atom stereocenters. The monoisotopic (exact) mass is 870 g/mol. The zero-order valence-corrected chi connectivity index (χ0v) is 38.0. The van der Waals surface area contributed by atoms with Crippen LogP contribution in [0.4, 0.5) is 17.1 Å². The van der Waals surface area contributed by atoms with Crippen molar-refractivity contribution in [1.82, 2.24) is 4.57 Å². The first-order valence-corrected chi connectivity index (χ1v) is 25.1. The number of fused-ring (bicyclic) bond motifs is 4. The number of anilines is 3. The quantitative estimate of drug-likeness (QED) is 0.0982. The summed E-state index contributed by atoms with van der Waals surface area (Å²) in [6.07, 6.45) is 0. The number of rotatable bonds is 10. The van der Waals surface area contributed by atoms with Gasteiger partial charge in [-0.25, -0.2) is 0 Å². The molecule has 0 N–H and O–H groups in total. The third-order valence-corrected chi connectivity index (χ3v) is 18.3. The topological polar surface area (TPSA) is 8.17 Å². The van der Waals surface area contributed by atoms with E-state index in [1.807, 2.05) is 0 Å². The third kappa shape index (κ3) is 6.96. The van der Waals surface area contributed by atoms with Crippen LogP contribution >= 0.6 is 0 Å². The van der Waals surface area contributed by atoms with Crippen molar-refractivity contribution in [2.45, 2.75) is 0 Å². The van der Waals surface area contributed by atoms with Gasteiger partial charge < -0.3 is 9.47 Å². The van der Waals surface area contributed by atoms with E-state index in [0.717, 1.165) is 28.3 Å². The van der Waals surface area contributed by atoms with Crippen molar-refractivity contribution in [2.75, 3.05) is 4.90 Å². The molecule has 3 heteroatoms. The predicted octanol–water partition coefficient (Wildman–Crippen LogP) is 14.1. The predicted molar refractivity (Wildman–Crippen MR) is 287 cm³/mol. The molecule has 0 saturated carbocycles. The minimum Gasteiger partial charge on any atom is -0.310 e. The van der Waals surface area contributed by atoms with Crippen molar-refractivity contribution < 1.29 is 0 Å². The summed E-state index contributed by atoms with van der Waals surface area (Å²) in [4.78, 5) is 2.46. The summed E-state index contributed by atoms with van der Waals surface area (Å²) < 4.78 is 2.40. The summed E-state index contributed by atoms with van der Waals surface area (Å²) in [5.41, 5.74) is 11.6. The van der Waals surface area contributed by atoms with E-state index in [2.05, 4.69) is 289 Å². The van der Waals surface area contributed by atoms with E-state index in [0.29, 0.717) is 0 Å². The second-order valence-electron chi connectivity index (χ2n) is 17.2. The highest BCUT2D eigenvalue weighted by Gasteiger charge is 2.41. The lowest BCUT2D eigenvalue weighted by atomic mass is 9.95. The van der Waals surface area contributed by atoms with E-state index in [-0.39, 0.29) is 0 Å². The molecule has 0 fully saturated rings. The maximum atomic E-state index is 2.46. The number of nitrogens with zero attached hydrogens (tertiary/aromatic N) is 2. The van der Waals surface area contributed by atoms with Crippen LogP contribution in [0.25, 0.3) is 60.5 Å². The molecule has 0 aliphatic heterocycles. The zero-order valence-electron chi connectivity index (χ0n) is 37.0. The van der Waals surface area contributed by atoms with Crippen LogP contribution < -0.4 is 25.6 Å². The zero-order chi connectivity index (χ0) is 44.6. The van der Waals surface area contributed by atoms with Crippen LogP contribution in [0, 0.1) is 0 Å². The first kappa shape index (κ1) is 40.0. The fraction of sp³-hybridized carbons (Fsp3) is 0. The molecule has 0 spiro atoms. The Balaban J connectivity index is 1.04. The number of aromatic nitrogens is 1. The fourth-order valence-corrected chi connectivity index (χ4v) is 15.3. The molecule has 12 aromatic rings. The second-order valence-corrected chi connectivity index (χ2v) is 21.1. The molecule has 1 aromatic heterocycles. The lowest BCUT2D eigenvalue weighted by Crippen LogP contribution is -2.74. The summed E-state index contributed by atoms with van der Waals surface area (Å²) in [7, 11) is -2.74. The summed E-state index contributed by atoms with van der Waals surface area (Å²) in [5, 5.41) is 10.3. The molecule has 1 heterocycles. The lowest BCUT2D eigenvalue weighted by molar-refractivity contribution is 1.18. The Bertz CT molecular complexity index is 3560. The van der Waals surface area contributed by atoms with Gasteiger partial charge in [0.2, 0.25) is 0 Å². The molecule has 0 bridgehead atoms. The van der Waals surface area contributed by atoms with E-state index in [1.165, 1.54) is 70.1 Å². The molecule has 12 rings (SSSR count). The minimum absolute atomic E-state index is 1.09. The van der Waals surface area contributed by atoms with Gasteiger partial charge in [-0.1, -0.05) is 218 Å². The number of hydrogen-bond donors (Lipinski definition) is 0. The maximum Gasteiger partial charge on any atom is 0.179 e. The van der Waals surface area contributed by atoms with Crippen LogP contribution in [0.15, 0.2) is 279 Å². The van der Waals surface area contributed by atoms with Gasteiger partial charge in [-0.15, -0.1) is 0 Å². The highest BCUT2D eigenvalue weighted by atomic mass is 28.3. The Morgan fingerprint density at radius 1 is 0.313 bits per heavy atom. The Hall–Kier alpha value is -8.50. The SMILES string of the molecule is c1ccc(-n2c3ccccc3c3c(N(c4ccc(-c5cccc(-c6cccc7ccccc67)c5)cc4)c4ccc([Si](c5ccccc5)(c5ccccc5)c5ccccc5)cc4)cccc32)cc1. The normalized spacial score (nSPS) is 11.6. The van der Waals surface area contributed by atoms with Crippen molar-refractivity contribution >= 4 is 78.5 Å². The molecular weight excluding hydrogens is 825 g/mol. The first-order valence-electron chi connectivity index (χ1n) is 23.1. The Kier molecular flexibility index (Phi) is 10.2. The van der Waals surface area contributed by atoms with Crippen LogP contribution in [0.2, 0.25) is 0 Å². The van der Waals surface area contributed by atoms with Gasteiger partial charge in [0.05, 0.1) is 16.7 Å². The van der Waals surface area contributed by atoms with Crippen LogP contribution in [-0.4, -0.2) is 12.6 Å². The van der Waals surface area contributed by atoms with Gasteiger partial charge in [-0.3, -0.25) is 0 Å².